The molecule has 0 amide bonds. The number of aromatic hydroxyl groups is 3. The van der Waals surface area contributed by atoms with Crippen molar-refractivity contribution in [2.24, 2.45) is 16.5 Å². The van der Waals surface area contributed by atoms with Crippen molar-refractivity contribution in [1.82, 2.24) is 0 Å². The van der Waals surface area contributed by atoms with Gasteiger partial charge in [-0.3, -0.25) is 9.79 Å². The molecule has 282 valence electrons. The van der Waals surface area contributed by atoms with Crippen LogP contribution >= 0.6 is 0 Å². The standard InChI is InChI=1S/C31H35N3O18/c32-30(33)34-5-1-4-31(26(44)22(42)21(41)24(51-31)27(45)46)52-28(47)25-20(40)19(39)23(43)29(50-25)48-11-7-14(37)18-15(38)9-16(49-17(18)8-11)10-2-3-12(35)13(36)6-10/h2-3,6-9,19-26,29,35-37,39-44H,1,4-5H2,(H,45,46)(H4,32,33,34)/t19-,20-,21-,22-,23+,24-,25-,26+,29+,31-/m0/s1. The van der Waals surface area contributed by atoms with Gasteiger partial charge >= 0.3 is 11.9 Å². The summed E-state index contributed by atoms with van der Waals surface area (Å²) in [6.45, 7) is -0.172. The third kappa shape index (κ3) is 7.37. The summed E-state index contributed by atoms with van der Waals surface area (Å²) in [6.07, 6.45) is -20.6. The summed E-state index contributed by atoms with van der Waals surface area (Å²) in [7, 11) is 0. The van der Waals surface area contributed by atoms with Crippen molar-refractivity contribution >= 4 is 28.9 Å². The molecule has 0 radical (unpaired) electrons. The molecule has 0 saturated carbocycles. The van der Waals surface area contributed by atoms with Gasteiger partial charge in [0.05, 0.1) is 0 Å². The fourth-order valence-electron chi connectivity index (χ4n) is 5.69. The van der Waals surface area contributed by atoms with Crippen molar-refractivity contribution in [3.8, 4) is 34.3 Å². The molecule has 0 bridgehead atoms. The first-order valence-corrected chi connectivity index (χ1v) is 15.4. The second-order valence-corrected chi connectivity index (χ2v) is 12.0. The molecule has 21 heteroatoms. The highest BCUT2D eigenvalue weighted by Crippen LogP contribution is 2.38. The number of aliphatic carboxylic acids is 1. The number of carbonyl (C=O) groups is 2. The van der Waals surface area contributed by atoms with Crippen LogP contribution in [-0.2, 0) is 23.8 Å². The maximum absolute atomic E-state index is 13.5. The fourth-order valence-corrected chi connectivity index (χ4v) is 5.69. The minimum atomic E-state index is -2.73. The molecular formula is C31H35N3O18. The van der Waals surface area contributed by atoms with Crippen molar-refractivity contribution in [2.45, 2.75) is 73.8 Å². The number of phenols is 3. The number of hydrogen-bond donors (Lipinski definition) is 12. The molecule has 52 heavy (non-hydrogen) atoms. The average molecular weight is 738 g/mol. The van der Waals surface area contributed by atoms with Gasteiger partial charge in [-0.05, 0) is 24.6 Å². The predicted octanol–water partition coefficient (Wildman–Crippen LogP) is -3.38. The summed E-state index contributed by atoms with van der Waals surface area (Å²) in [6, 6.07) is 6.55. The van der Waals surface area contributed by atoms with E-state index in [1.165, 1.54) is 6.07 Å². The van der Waals surface area contributed by atoms with E-state index in [1.807, 2.05) is 0 Å². The van der Waals surface area contributed by atoms with E-state index < -0.39 is 102 Å². The number of fused-ring (bicyclic) bond motifs is 1. The van der Waals surface area contributed by atoms with E-state index in [2.05, 4.69) is 4.99 Å². The summed E-state index contributed by atoms with van der Waals surface area (Å²) in [5.41, 5.74) is 9.75. The topological polar surface area (TPSA) is 368 Å². The maximum atomic E-state index is 13.5. The molecule has 2 fully saturated rings. The van der Waals surface area contributed by atoms with E-state index in [4.69, 9.17) is 34.8 Å². The Balaban J connectivity index is 1.43. The Bertz CT molecular complexity index is 1920. The lowest BCUT2D eigenvalue weighted by Gasteiger charge is -2.47. The van der Waals surface area contributed by atoms with Crippen LogP contribution in [-0.4, -0.2) is 136 Å². The summed E-state index contributed by atoms with van der Waals surface area (Å²) in [5, 5.41) is 103. The Morgan fingerprint density at radius 2 is 1.54 bits per heavy atom. The number of hydrogen-bond acceptors (Lipinski definition) is 18. The molecule has 0 aliphatic carbocycles. The van der Waals surface area contributed by atoms with Crippen LogP contribution in [0.1, 0.15) is 12.8 Å². The van der Waals surface area contributed by atoms with E-state index in [0.717, 1.165) is 30.3 Å². The van der Waals surface area contributed by atoms with Crippen molar-refractivity contribution in [3.63, 3.8) is 0 Å². The number of nitrogens with zero attached hydrogens (tertiary/aromatic N) is 1. The average Bonchev–Trinajstić information content (AvgIpc) is 3.08. The molecule has 1 aromatic heterocycles. The second kappa shape index (κ2) is 14.8. The SMILES string of the molecule is NC(N)=NCCC[C@@]1(OC(=O)[C@H]2O[C@@H](Oc3cc(O)c4c(=O)cc(-c5ccc(O)c(O)c5)oc4c3)[C@H](O)[C@@H](O)[C@@H]2O)O[C@H](C(=O)O)[C@@H](O)[C@H](O)[C@H]1O. The Hall–Kier alpha value is -5.26. The third-order valence-electron chi connectivity index (χ3n) is 8.35. The van der Waals surface area contributed by atoms with Gasteiger partial charge in [0.2, 0.25) is 12.1 Å². The van der Waals surface area contributed by atoms with E-state index in [9.17, 15) is 65.4 Å². The second-order valence-electron chi connectivity index (χ2n) is 12.0. The number of aliphatic hydroxyl groups excluding tert-OH is 6. The van der Waals surface area contributed by atoms with Gasteiger partial charge in [-0.1, -0.05) is 0 Å². The number of aliphatic hydroxyl groups is 6. The predicted molar refractivity (Wildman–Crippen MR) is 169 cm³/mol. The summed E-state index contributed by atoms with van der Waals surface area (Å²) in [4.78, 5) is 41.9. The molecule has 21 nitrogen and oxygen atoms in total. The van der Waals surface area contributed by atoms with Gasteiger partial charge in [0.1, 0.15) is 64.9 Å². The van der Waals surface area contributed by atoms with Gasteiger partial charge in [-0.2, -0.15) is 0 Å². The minimum Gasteiger partial charge on any atom is -0.507 e. The first-order chi connectivity index (χ1) is 24.4. The van der Waals surface area contributed by atoms with Gasteiger partial charge in [-0.25, -0.2) is 9.59 Å². The van der Waals surface area contributed by atoms with Crippen LogP contribution in [0.4, 0.5) is 0 Å². The molecule has 0 unspecified atom stereocenters. The molecule has 0 spiro atoms. The Morgan fingerprint density at radius 3 is 2.19 bits per heavy atom. The highest BCUT2D eigenvalue weighted by Gasteiger charge is 2.59. The molecule has 2 aliphatic heterocycles. The molecular weight excluding hydrogens is 702 g/mol. The smallest absolute Gasteiger partial charge is 0.340 e. The first-order valence-electron chi connectivity index (χ1n) is 15.4. The summed E-state index contributed by atoms with van der Waals surface area (Å²) < 4.78 is 27.4. The minimum absolute atomic E-state index is 0.109. The van der Waals surface area contributed by atoms with Crippen LogP contribution < -0.4 is 21.6 Å². The van der Waals surface area contributed by atoms with E-state index in [1.54, 1.807) is 0 Å². The van der Waals surface area contributed by atoms with Crippen molar-refractivity contribution in [3.05, 3.63) is 46.6 Å². The molecule has 5 rings (SSSR count). The zero-order valence-corrected chi connectivity index (χ0v) is 26.6. The number of ether oxygens (including phenoxy) is 4. The number of aliphatic imine (C=N–C) groups is 1. The molecule has 3 aromatic rings. The van der Waals surface area contributed by atoms with Gasteiger partial charge in [0.25, 0.3) is 0 Å². The number of benzene rings is 2. The van der Waals surface area contributed by atoms with Gasteiger partial charge in [0.15, 0.2) is 35.1 Å². The Kier molecular flexibility index (Phi) is 10.8. The molecule has 2 aromatic carbocycles. The van der Waals surface area contributed by atoms with Crippen molar-refractivity contribution < 1.29 is 84.0 Å². The zero-order valence-electron chi connectivity index (χ0n) is 26.6. The Labute approximate surface area is 290 Å². The highest BCUT2D eigenvalue weighted by atomic mass is 16.8. The van der Waals surface area contributed by atoms with Crippen LogP contribution in [0.2, 0.25) is 0 Å². The van der Waals surface area contributed by atoms with Crippen LogP contribution in [0.3, 0.4) is 0 Å². The monoisotopic (exact) mass is 737 g/mol. The van der Waals surface area contributed by atoms with Crippen LogP contribution in [0.25, 0.3) is 22.3 Å². The number of rotatable bonds is 10. The molecule has 10 atom stereocenters. The first kappa shape index (κ1) is 38.0. The van der Waals surface area contributed by atoms with Crippen LogP contribution in [0.15, 0.2) is 50.6 Å². The fraction of sp³-hybridized carbons (Fsp3) is 0.419. The van der Waals surface area contributed by atoms with Crippen LogP contribution in [0, 0.1) is 0 Å². The van der Waals surface area contributed by atoms with E-state index >= 15 is 0 Å². The van der Waals surface area contributed by atoms with Gasteiger partial charge in [-0.15, -0.1) is 0 Å². The largest absolute Gasteiger partial charge is 0.507 e. The maximum Gasteiger partial charge on any atom is 0.340 e. The lowest BCUT2D eigenvalue weighted by molar-refractivity contribution is -0.353. The van der Waals surface area contributed by atoms with E-state index in [-0.39, 0.29) is 47.0 Å². The number of carboxylic acids is 1. The van der Waals surface area contributed by atoms with E-state index in [0.29, 0.717) is 0 Å². The lowest BCUT2D eigenvalue weighted by atomic mass is 9.89. The normalized spacial score (nSPS) is 30.4. The number of esters is 1. The summed E-state index contributed by atoms with van der Waals surface area (Å²) in [5.74, 6) is -8.64. The number of carbonyl (C=O) groups excluding carboxylic acids is 1. The molecule has 2 aliphatic rings. The number of nitrogens with two attached hydrogens (primary N) is 2. The summed E-state index contributed by atoms with van der Waals surface area (Å²) >= 11 is 0. The number of guanidine groups is 1. The molecule has 3 heterocycles. The van der Waals surface area contributed by atoms with Crippen molar-refractivity contribution in [2.75, 3.05) is 6.54 Å². The lowest BCUT2D eigenvalue weighted by Crippen LogP contribution is -2.68. The number of carboxylic acid groups (broad SMARTS) is 1. The van der Waals surface area contributed by atoms with Crippen LogP contribution in [0.5, 0.6) is 23.0 Å². The highest BCUT2D eigenvalue weighted by molar-refractivity contribution is 5.86. The molecule has 14 N–H and O–H groups in total. The number of phenolic OH excluding ortho intramolecular Hbond substituents is 3. The third-order valence-corrected chi connectivity index (χ3v) is 8.35. The quantitative estimate of drug-likeness (QED) is 0.0317. The zero-order chi connectivity index (χ0) is 38.2. The van der Waals surface area contributed by atoms with Crippen molar-refractivity contribution in [1.29, 1.82) is 0 Å². The van der Waals surface area contributed by atoms with Gasteiger partial charge in [0, 0.05) is 36.7 Å². The molecule has 2 saturated heterocycles. The Morgan fingerprint density at radius 1 is 0.846 bits per heavy atom. The van der Waals surface area contributed by atoms with Gasteiger partial charge < -0.3 is 85.9 Å².